The molecule has 1 aromatic heterocycles. The second-order valence-corrected chi connectivity index (χ2v) is 6.08. The Labute approximate surface area is 152 Å². The minimum atomic E-state index is -0.204. The van der Waals surface area contributed by atoms with Gasteiger partial charge in [-0.2, -0.15) is 0 Å². The molecule has 26 heavy (non-hydrogen) atoms. The van der Waals surface area contributed by atoms with Gasteiger partial charge in [-0.25, -0.2) is 0 Å². The van der Waals surface area contributed by atoms with Gasteiger partial charge >= 0.3 is 0 Å². The first kappa shape index (κ1) is 17.7. The number of benzene rings is 2. The molecule has 134 valence electrons. The van der Waals surface area contributed by atoms with Gasteiger partial charge in [-0.15, -0.1) is 0 Å². The molecule has 0 unspecified atom stereocenters. The van der Waals surface area contributed by atoms with E-state index in [1.54, 1.807) is 29.0 Å². The van der Waals surface area contributed by atoms with E-state index in [1.807, 2.05) is 43.3 Å². The first-order valence-corrected chi connectivity index (χ1v) is 8.74. The molecule has 0 aliphatic rings. The normalized spacial score (nSPS) is 10.7. The quantitative estimate of drug-likeness (QED) is 0.712. The fourth-order valence-electron chi connectivity index (χ4n) is 2.82. The van der Waals surface area contributed by atoms with Crippen LogP contribution in [0.3, 0.4) is 0 Å². The molecule has 0 bridgehead atoms. The van der Waals surface area contributed by atoms with Gasteiger partial charge in [0.05, 0.1) is 5.39 Å². The largest absolute Gasteiger partial charge is 0.483 e. The van der Waals surface area contributed by atoms with Crippen LogP contribution in [0.5, 0.6) is 5.75 Å². The van der Waals surface area contributed by atoms with E-state index in [9.17, 15) is 9.59 Å². The Morgan fingerprint density at radius 1 is 1.04 bits per heavy atom. The number of carbonyl (C=O) groups is 1. The molecule has 5 nitrogen and oxygen atoms in total. The Bertz CT molecular complexity index is 948. The standard InChI is InChI=1S/C21H22N2O3/c1-2-12-23-13-11-17-18(21(23)25)9-6-10-19(17)26-15-20(24)22-14-16-7-4-3-5-8-16/h3-11,13H,2,12,14-15H2,1H3,(H,22,24). The molecule has 0 atom stereocenters. The van der Waals surface area contributed by atoms with Crippen LogP contribution in [0.1, 0.15) is 18.9 Å². The number of aromatic nitrogens is 1. The summed E-state index contributed by atoms with van der Waals surface area (Å²) >= 11 is 0. The minimum Gasteiger partial charge on any atom is -0.483 e. The van der Waals surface area contributed by atoms with Gasteiger partial charge in [0.15, 0.2) is 6.61 Å². The van der Waals surface area contributed by atoms with Crippen molar-refractivity contribution in [2.24, 2.45) is 0 Å². The van der Waals surface area contributed by atoms with Crippen molar-refractivity contribution in [2.75, 3.05) is 6.61 Å². The lowest BCUT2D eigenvalue weighted by atomic mass is 10.1. The topological polar surface area (TPSA) is 60.3 Å². The van der Waals surface area contributed by atoms with Crippen LogP contribution in [0.4, 0.5) is 0 Å². The molecule has 0 fully saturated rings. The lowest BCUT2D eigenvalue weighted by Gasteiger charge is -2.11. The van der Waals surface area contributed by atoms with Gasteiger partial charge in [0, 0.05) is 24.7 Å². The Morgan fingerprint density at radius 2 is 1.85 bits per heavy atom. The van der Waals surface area contributed by atoms with E-state index in [1.165, 1.54) is 0 Å². The fourth-order valence-corrected chi connectivity index (χ4v) is 2.82. The van der Waals surface area contributed by atoms with Crippen LogP contribution >= 0.6 is 0 Å². The Balaban J connectivity index is 1.68. The Morgan fingerprint density at radius 3 is 2.62 bits per heavy atom. The van der Waals surface area contributed by atoms with Crippen molar-refractivity contribution in [3.63, 3.8) is 0 Å². The zero-order valence-electron chi connectivity index (χ0n) is 14.8. The molecule has 1 N–H and O–H groups in total. The van der Waals surface area contributed by atoms with Crippen LogP contribution in [-0.4, -0.2) is 17.1 Å². The van der Waals surface area contributed by atoms with E-state index in [0.717, 1.165) is 17.4 Å². The number of carbonyl (C=O) groups excluding carboxylic acids is 1. The molecule has 0 radical (unpaired) electrons. The summed E-state index contributed by atoms with van der Waals surface area (Å²) in [4.78, 5) is 24.5. The molecule has 1 amide bonds. The summed E-state index contributed by atoms with van der Waals surface area (Å²) in [5.74, 6) is 0.336. The maximum atomic E-state index is 12.5. The van der Waals surface area contributed by atoms with Gasteiger partial charge in [0.2, 0.25) is 0 Å². The lowest BCUT2D eigenvalue weighted by molar-refractivity contribution is -0.123. The number of nitrogens with one attached hydrogen (secondary N) is 1. The van der Waals surface area contributed by atoms with Gasteiger partial charge in [-0.05, 0) is 30.2 Å². The van der Waals surface area contributed by atoms with Crippen molar-refractivity contribution in [3.8, 4) is 5.75 Å². The van der Waals surface area contributed by atoms with E-state index in [-0.39, 0.29) is 18.1 Å². The predicted molar refractivity (Wildman–Crippen MR) is 102 cm³/mol. The number of nitrogens with zero attached hydrogens (tertiary/aromatic N) is 1. The average molecular weight is 350 g/mol. The summed E-state index contributed by atoms with van der Waals surface area (Å²) in [5.41, 5.74) is 0.991. The van der Waals surface area contributed by atoms with E-state index in [4.69, 9.17) is 4.74 Å². The van der Waals surface area contributed by atoms with Gasteiger partial charge in [0.25, 0.3) is 11.5 Å². The molecule has 1 heterocycles. The highest BCUT2D eigenvalue weighted by atomic mass is 16.5. The number of ether oxygens (including phenoxy) is 1. The fraction of sp³-hybridized carbons (Fsp3) is 0.238. The zero-order chi connectivity index (χ0) is 18.4. The van der Waals surface area contributed by atoms with Crippen molar-refractivity contribution in [2.45, 2.75) is 26.4 Å². The summed E-state index contributed by atoms with van der Waals surface area (Å²) in [7, 11) is 0. The minimum absolute atomic E-state index is 0.0386. The number of amides is 1. The molecule has 3 aromatic rings. The van der Waals surface area contributed by atoms with Crippen molar-refractivity contribution < 1.29 is 9.53 Å². The zero-order valence-corrected chi connectivity index (χ0v) is 14.8. The Hall–Kier alpha value is -3.08. The first-order chi connectivity index (χ1) is 12.7. The van der Waals surface area contributed by atoms with Crippen LogP contribution in [0.15, 0.2) is 65.6 Å². The third kappa shape index (κ3) is 4.11. The summed E-state index contributed by atoms with van der Waals surface area (Å²) < 4.78 is 7.36. The number of pyridine rings is 1. The van der Waals surface area contributed by atoms with Crippen molar-refractivity contribution >= 4 is 16.7 Å². The van der Waals surface area contributed by atoms with Crippen LogP contribution in [0.2, 0.25) is 0 Å². The lowest BCUT2D eigenvalue weighted by Crippen LogP contribution is -2.28. The second kappa shape index (κ2) is 8.34. The number of fused-ring (bicyclic) bond motifs is 1. The molecule has 0 spiro atoms. The van der Waals surface area contributed by atoms with Crippen LogP contribution in [-0.2, 0) is 17.9 Å². The van der Waals surface area contributed by atoms with Crippen LogP contribution < -0.4 is 15.6 Å². The molecule has 3 rings (SSSR count). The molecular formula is C21H22N2O3. The van der Waals surface area contributed by atoms with Crippen LogP contribution in [0, 0.1) is 0 Å². The average Bonchev–Trinajstić information content (AvgIpc) is 2.68. The molecule has 2 aromatic carbocycles. The number of rotatable bonds is 7. The third-order valence-corrected chi connectivity index (χ3v) is 4.13. The van der Waals surface area contributed by atoms with Gasteiger partial charge < -0.3 is 14.6 Å². The van der Waals surface area contributed by atoms with E-state index in [0.29, 0.717) is 24.2 Å². The van der Waals surface area contributed by atoms with Crippen molar-refractivity contribution in [3.05, 3.63) is 76.7 Å². The highest BCUT2D eigenvalue weighted by molar-refractivity contribution is 5.88. The van der Waals surface area contributed by atoms with Gasteiger partial charge in [-0.3, -0.25) is 9.59 Å². The number of hydrogen-bond acceptors (Lipinski definition) is 3. The highest BCUT2D eigenvalue weighted by Crippen LogP contribution is 2.23. The van der Waals surface area contributed by atoms with Crippen molar-refractivity contribution in [1.29, 1.82) is 0 Å². The Kier molecular flexibility index (Phi) is 5.69. The second-order valence-electron chi connectivity index (χ2n) is 6.08. The highest BCUT2D eigenvalue weighted by Gasteiger charge is 2.09. The first-order valence-electron chi connectivity index (χ1n) is 8.74. The maximum Gasteiger partial charge on any atom is 0.258 e. The summed E-state index contributed by atoms with van der Waals surface area (Å²) in [5, 5.41) is 4.15. The molecule has 0 aliphatic heterocycles. The van der Waals surface area contributed by atoms with E-state index >= 15 is 0 Å². The summed E-state index contributed by atoms with van der Waals surface area (Å²) in [6, 6.07) is 16.9. The molecule has 0 saturated heterocycles. The van der Waals surface area contributed by atoms with Crippen molar-refractivity contribution in [1.82, 2.24) is 9.88 Å². The SMILES string of the molecule is CCCn1ccc2c(OCC(=O)NCc3ccccc3)cccc2c1=O. The number of hydrogen-bond donors (Lipinski definition) is 1. The maximum absolute atomic E-state index is 12.5. The molecular weight excluding hydrogens is 328 g/mol. The van der Waals surface area contributed by atoms with E-state index in [2.05, 4.69) is 5.32 Å². The third-order valence-electron chi connectivity index (χ3n) is 4.13. The number of aryl methyl sites for hydroxylation is 1. The summed E-state index contributed by atoms with van der Waals surface area (Å²) in [6.45, 7) is 3.08. The predicted octanol–water partition coefficient (Wildman–Crippen LogP) is 3.11. The molecule has 0 saturated carbocycles. The smallest absolute Gasteiger partial charge is 0.258 e. The monoisotopic (exact) mass is 350 g/mol. The molecule has 5 heteroatoms. The van der Waals surface area contributed by atoms with Gasteiger partial charge in [-0.1, -0.05) is 43.3 Å². The molecule has 0 aliphatic carbocycles. The van der Waals surface area contributed by atoms with Gasteiger partial charge in [0.1, 0.15) is 5.75 Å². The summed E-state index contributed by atoms with van der Waals surface area (Å²) in [6.07, 6.45) is 2.67. The van der Waals surface area contributed by atoms with Crippen LogP contribution in [0.25, 0.3) is 10.8 Å². The van der Waals surface area contributed by atoms with E-state index < -0.39 is 0 Å².